The van der Waals surface area contributed by atoms with Crippen molar-refractivity contribution in [3.05, 3.63) is 85.8 Å². The number of hydrogen-bond donors (Lipinski definition) is 0. The zero-order valence-corrected chi connectivity index (χ0v) is 22.4. The van der Waals surface area contributed by atoms with E-state index in [-0.39, 0.29) is 65.4 Å². The molecule has 6 nitrogen and oxygen atoms in total. The van der Waals surface area contributed by atoms with Crippen molar-refractivity contribution in [2.45, 2.75) is 17.4 Å². The molecule has 1 atom stereocenters. The van der Waals surface area contributed by atoms with Crippen molar-refractivity contribution in [1.82, 2.24) is 14.1 Å². The van der Waals surface area contributed by atoms with Crippen LogP contribution in [0.4, 0.5) is 4.39 Å². The van der Waals surface area contributed by atoms with Crippen molar-refractivity contribution in [2.75, 3.05) is 39.3 Å². The maximum absolute atomic E-state index is 14.0. The third-order valence-corrected chi connectivity index (χ3v) is 10.3. The molecule has 0 N–H and O–H groups in total. The molecule has 0 radical (unpaired) electrons. The van der Waals surface area contributed by atoms with Crippen LogP contribution >= 0.6 is 34.5 Å². The second-order valence-corrected chi connectivity index (χ2v) is 12.6. The van der Waals surface area contributed by atoms with E-state index in [0.717, 1.165) is 17.5 Å². The number of benzene rings is 2. The van der Waals surface area contributed by atoms with Gasteiger partial charge in [-0.1, -0.05) is 35.3 Å². The lowest BCUT2D eigenvalue weighted by Crippen LogP contribution is -2.53. The molecule has 5 rings (SSSR count). The fraction of sp³-hybridized carbons (Fsp3) is 0.320. The minimum absolute atomic E-state index is 0.0331. The average molecular weight is 569 g/mol. The van der Waals surface area contributed by atoms with Crippen molar-refractivity contribution in [3.8, 4) is 0 Å². The normalized spacial score (nSPS) is 19.3. The first-order valence-electron chi connectivity index (χ1n) is 11.5. The Hall–Kier alpha value is -2.01. The number of carbonyl (C=O) groups is 1. The van der Waals surface area contributed by atoms with Gasteiger partial charge in [0, 0.05) is 42.6 Å². The molecule has 0 bridgehead atoms. The summed E-state index contributed by atoms with van der Waals surface area (Å²) in [5.74, 6) is -0.383. The fourth-order valence-electron chi connectivity index (χ4n) is 4.87. The largest absolute Gasteiger partial charge is 0.339 e. The van der Waals surface area contributed by atoms with Crippen LogP contribution in [0.15, 0.2) is 58.8 Å². The highest BCUT2D eigenvalue weighted by Crippen LogP contribution is 2.38. The summed E-state index contributed by atoms with van der Waals surface area (Å²) < 4.78 is 41.6. The first kappa shape index (κ1) is 25.6. The minimum atomic E-state index is -3.83. The van der Waals surface area contributed by atoms with Crippen molar-refractivity contribution in [1.29, 1.82) is 0 Å². The van der Waals surface area contributed by atoms with Gasteiger partial charge in [0.1, 0.15) is 10.7 Å². The molecule has 1 fully saturated rings. The average Bonchev–Trinajstić information content (AvgIpc) is 3.34. The van der Waals surface area contributed by atoms with Crippen molar-refractivity contribution < 1.29 is 17.6 Å². The molecule has 190 valence electrons. The van der Waals surface area contributed by atoms with Crippen molar-refractivity contribution in [3.63, 3.8) is 0 Å². The monoisotopic (exact) mass is 567 g/mol. The summed E-state index contributed by atoms with van der Waals surface area (Å²) in [5, 5.41) is 2.43. The van der Waals surface area contributed by atoms with Crippen LogP contribution in [0.3, 0.4) is 0 Å². The Morgan fingerprint density at radius 3 is 2.56 bits per heavy atom. The van der Waals surface area contributed by atoms with Gasteiger partial charge in [-0.25, -0.2) is 12.8 Å². The maximum atomic E-state index is 14.0. The third kappa shape index (κ3) is 5.05. The molecule has 36 heavy (non-hydrogen) atoms. The van der Waals surface area contributed by atoms with Crippen LogP contribution in [0.25, 0.3) is 0 Å². The van der Waals surface area contributed by atoms with Gasteiger partial charge in [-0.2, -0.15) is 4.31 Å². The number of hydrogen-bond acceptors (Lipinski definition) is 5. The van der Waals surface area contributed by atoms with Crippen molar-refractivity contribution >= 4 is 50.5 Å². The van der Waals surface area contributed by atoms with E-state index in [1.165, 1.54) is 39.5 Å². The minimum Gasteiger partial charge on any atom is -0.339 e. The summed E-state index contributed by atoms with van der Waals surface area (Å²) in [6.07, 6.45) is 0.832. The fourth-order valence-corrected chi connectivity index (χ4v) is 7.93. The first-order chi connectivity index (χ1) is 17.2. The Morgan fingerprint density at radius 1 is 1.03 bits per heavy atom. The molecular weight excluding hydrogens is 544 g/mol. The molecule has 2 aliphatic heterocycles. The quantitative estimate of drug-likeness (QED) is 0.449. The summed E-state index contributed by atoms with van der Waals surface area (Å²) in [5.41, 5.74) is 1.93. The lowest BCUT2D eigenvalue weighted by Gasteiger charge is -2.39. The van der Waals surface area contributed by atoms with Crippen molar-refractivity contribution in [2.24, 2.45) is 0 Å². The van der Waals surface area contributed by atoms with Gasteiger partial charge < -0.3 is 4.90 Å². The molecule has 1 aromatic heterocycles. The molecular formula is C25H24Cl2FN3O3S2. The number of halogens is 3. The Labute approximate surface area is 223 Å². The van der Waals surface area contributed by atoms with Crippen LogP contribution in [0.5, 0.6) is 0 Å². The van der Waals surface area contributed by atoms with Gasteiger partial charge in [0.15, 0.2) is 0 Å². The topological polar surface area (TPSA) is 60.9 Å². The highest BCUT2D eigenvalue weighted by molar-refractivity contribution is 7.89. The smallest absolute Gasteiger partial charge is 0.244 e. The van der Waals surface area contributed by atoms with Crippen LogP contribution < -0.4 is 0 Å². The molecule has 1 saturated heterocycles. The number of thiophene rings is 1. The van der Waals surface area contributed by atoms with Crippen LogP contribution in [-0.2, 0) is 21.2 Å². The summed E-state index contributed by atoms with van der Waals surface area (Å²) in [6, 6.07) is 12.7. The van der Waals surface area contributed by atoms with Crippen LogP contribution in [0, 0.1) is 5.82 Å². The van der Waals surface area contributed by atoms with E-state index in [1.54, 1.807) is 22.3 Å². The zero-order valence-electron chi connectivity index (χ0n) is 19.2. The summed E-state index contributed by atoms with van der Waals surface area (Å²) in [4.78, 5) is 18.3. The summed E-state index contributed by atoms with van der Waals surface area (Å²) in [6.45, 7) is 1.74. The van der Waals surface area contributed by atoms with E-state index in [9.17, 15) is 17.6 Å². The van der Waals surface area contributed by atoms with Gasteiger partial charge in [0.05, 0.1) is 17.6 Å². The first-order valence-corrected chi connectivity index (χ1v) is 14.6. The van der Waals surface area contributed by atoms with E-state index in [2.05, 4.69) is 11.0 Å². The molecule has 3 aromatic rings. The summed E-state index contributed by atoms with van der Waals surface area (Å²) in [7, 11) is -3.83. The predicted molar refractivity (Wildman–Crippen MR) is 140 cm³/mol. The molecule has 11 heteroatoms. The SMILES string of the molecule is O=C(CN1CCc2sccc2[C@H]1c1cccc(F)c1)N1CCN(S(=O)(=O)c2cc(Cl)ccc2Cl)CC1. The highest BCUT2D eigenvalue weighted by Gasteiger charge is 2.35. The van der Waals surface area contributed by atoms with E-state index < -0.39 is 10.0 Å². The number of amides is 1. The molecule has 0 saturated carbocycles. The van der Waals surface area contributed by atoms with Gasteiger partial charge in [-0.05, 0) is 59.3 Å². The number of sulfonamides is 1. The highest BCUT2D eigenvalue weighted by atomic mass is 35.5. The molecule has 3 heterocycles. The maximum Gasteiger partial charge on any atom is 0.244 e. The Morgan fingerprint density at radius 2 is 1.81 bits per heavy atom. The Bertz CT molecular complexity index is 1390. The van der Waals surface area contributed by atoms with Gasteiger partial charge in [0.2, 0.25) is 15.9 Å². The van der Waals surface area contributed by atoms with E-state index >= 15 is 0 Å². The Kier molecular flexibility index (Phi) is 7.40. The third-order valence-electron chi connectivity index (χ3n) is 6.67. The van der Waals surface area contributed by atoms with Crippen LogP contribution in [0.1, 0.15) is 22.0 Å². The van der Waals surface area contributed by atoms with Gasteiger partial charge in [0.25, 0.3) is 0 Å². The van der Waals surface area contributed by atoms with Gasteiger partial charge in [-0.15, -0.1) is 11.3 Å². The lowest BCUT2D eigenvalue weighted by molar-refractivity contribution is -0.134. The van der Waals surface area contributed by atoms with E-state index in [0.29, 0.717) is 6.54 Å². The molecule has 2 aromatic carbocycles. The zero-order chi connectivity index (χ0) is 25.4. The van der Waals surface area contributed by atoms with E-state index in [1.807, 2.05) is 11.4 Å². The van der Waals surface area contributed by atoms with E-state index in [4.69, 9.17) is 23.2 Å². The number of fused-ring (bicyclic) bond motifs is 1. The van der Waals surface area contributed by atoms with Gasteiger partial charge in [-0.3, -0.25) is 9.69 Å². The van der Waals surface area contributed by atoms with Crippen LogP contribution in [-0.4, -0.2) is 67.7 Å². The number of rotatable bonds is 5. The van der Waals surface area contributed by atoms with Gasteiger partial charge >= 0.3 is 0 Å². The molecule has 0 spiro atoms. The molecule has 1 amide bonds. The second-order valence-electron chi connectivity index (χ2n) is 8.84. The number of piperazine rings is 1. The number of nitrogens with zero attached hydrogens (tertiary/aromatic N) is 3. The molecule has 2 aliphatic rings. The number of carbonyl (C=O) groups excluding carboxylic acids is 1. The van der Waals surface area contributed by atoms with Crippen LogP contribution in [0.2, 0.25) is 10.0 Å². The lowest BCUT2D eigenvalue weighted by atomic mass is 9.93. The Balaban J connectivity index is 1.28. The summed E-state index contributed by atoms with van der Waals surface area (Å²) >= 11 is 13.8. The molecule has 0 aliphatic carbocycles. The second kappa shape index (κ2) is 10.4. The standard InChI is InChI=1S/C25H24Cl2FN3O3S2/c26-18-4-5-21(27)23(15-18)36(33,34)31-11-9-29(10-12-31)24(32)16-30-8-6-22-20(7-13-35-22)25(30)17-2-1-3-19(28)14-17/h1-5,7,13-15,25H,6,8-12,16H2/t25-/m1/s1. The molecule has 0 unspecified atom stereocenters. The predicted octanol–water partition coefficient (Wildman–Crippen LogP) is 4.67.